The van der Waals surface area contributed by atoms with E-state index in [0.29, 0.717) is 19.6 Å². The lowest BCUT2D eigenvalue weighted by Gasteiger charge is -2.25. The number of nitrogens with zero attached hydrogens (tertiary/aromatic N) is 3. The van der Waals surface area contributed by atoms with E-state index in [1.165, 1.54) is 0 Å². The molecule has 33 heavy (non-hydrogen) atoms. The lowest BCUT2D eigenvalue weighted by Crippen LogP contribution is -2.28. The largest absolute Gasteiger partial charge is 0.494 e. The van der Waals surface area contributed by atoms with Gasteiger partial charge in [-0.1, -0.05) is 60.7 Å². The van der Waals surface area contributed by atoms with Crippen LogP contribution in [-0.2, 0) is 11.3 Å². The van der Waals surface area contributed by atoms with E-state index in [4.69, 9.17) is 9.72 Å². The monoisotopic (exact) mass is 439 g/mol. The highest BCUT2D eigenvalue weighted by Crippen LogP contribution is 2.35. The Morgan fingerprint density at radius 3 is 2.45 bits per heavy atom. The number of aromatic nitrogens is 2. The summed E-state index contributed by atoms with van der Waals surface area (Å²) in [6.07, 6.45) is 1.37. The first-order valence-electron chi connectivity index (χ1n) is 11.7. The molecule has 1 amide bonds. The van der Waals surface area contributed by atoms with Crippen LogP contribution in [0.3, 0.4) is 0 Å². The zero-order valence-corrected chi connectivity index (χ0v) is 18.9. The van der Waals surface area contributed by atoms with Crippen LogP contribution in [0.25, 0.3) is 11.0 Å². The van der Waals surface area contributed by atoms with Crippen molar-refractivity contribution in [3.05, 3.63) is 96.3 Å². The third kappa shape index (κ3) is 4.49. The molecular formula is C28H29N3O2. The second kappa shape index (κ2) is 9.49. The SMILES string of the molecule is CC(c1ccccc1)N1CC(c2nc3ccccc3n2CCCOc2ccccc2)CC1=O. The molecule has 0 N–H and O–H groups in total. The number of benzene rings is 3. The van der Waals surface area contributed by atoms with Crippen LogP contribution in [0.5, 0.6) is 5.75 Å². The topological polar surface area (TPSA) is 47.4 Å². The average Bonchev–Trinajstić information content (AvgIpc) is 3.43. The van der Waals surface area contributed by atoms with Crippen LogP contribution in [0, 0.1) is 0 Å². The predicted molar refractivity (Wildman–Crippen MR) is 130 cm³/mol. The van der Waals surface area contributed by atoms with Crippen molar-refractivity contribution in [1.82, 2.24) is 14.5 Å². The molecule has 4 aromatic rings. The van der Waals surface area contributed by atoms with Crippen LogP contribution < -0.4 is 4.74 Å². The Kier molecular flexibility index (Phi) is 6.11. The number of hydrogen-bond donors (Lipinski definition) is 0. The lowest BCUT2D eigenvalue weighted by atomic mass is 10.1. The van der Waals surface area contributed by atoms with E-state index >= 15 is 0 Å². The van der Waals surface area contributed by atoms with E-state index in [1.807, 2.05) is 65.6 Å². The summed E-state index contributed by atoms with van der Waals surface area (Å²) >= 11 is 0. The lowest BCUT2D eigenvalue weighted by molar-refractivity contribution is -0.129. The molecule has 3 aromatic carbocycles. The number of carbonyl (C=O) groups excluding carboxylic acids is 1. The Bertz CT molecular complexity index is 1220. The minimum atomic E-state index is 0.0563. The van der Waals surface area contributed by atoms with Gasteiger partial charge in [-0.2, -0.15) is 0 Å². The molecule has 0 bridgehead atoms. The van der Waals surface area contributed by atoms with Crippen molar-refractivity contribution < 1.29 is 9.53 Å². The third-order valence-electron chi connectivity index (χ3n) is 6.50. The molecular weight excluding hydrogens is 410 g/mol. The summed E-state index contributed by atoms with van der Waals surface area (Å²) in [5.74, 6) is 2.18. The van der Waals surface area contributed by atoms with Crippen molar-refractivity contribution >= 4 is 16.9 Å². The summed E-state index contributed by atoms with van der Waals surface area (Å²) in [7, 11) is 0. The van der Waals surface area contributed by atoms with E-state index in [0.717, 1.165) is 41.1 Å². The van der Waals surface area contributed by atoms with Crippen LogP contribution in [0.4, 0.5) is 0 Å². The highest BCUT2D eigenvalue weighted by atomic mass is 16.5. The number of carbonyl (C=O) groups is 1. The zero-order valence-electron chi connectivity index (χ0n) is 18.9. The van der Waals surface area contributed by atoms with E-state index in [-0.39, 0.29) is 17.9 Å². The summed E-state index contributed by atoms with van der Waals surface area (Å²) in [6.45, 7) is 4.25. The van der Waals surface area contributed by atoms with Crippen LogP contribution in [-0.4, -0.2) is 33.5 Å². The molecule has 1 aliphatic rings. The van der Waals surface area contributed by atoms with Crippen molar-refractivity contribution in [2.45, 2.75) is 38.3 Å². The van der Waals surface area contributed by atoms with E-state index in [2.05, 4.69) is 35.8 Å². The van der Waals surface area contributed by atoms with Crippen LogP contribution in [0.15, 0.2) is 84.9 Å². The molecule has 2 atom stereocenters. The molecule has 5 heteroatoms. The molecule has 0 aliphatic carbocycles. The summed E-state index contributed by atoms with van der Waals surface area (Å²) in [4.78, 5) is 20.0. The second-order valence-corrected chi connectivity index (χ2v) is 8.66. The Hall–Kier alpha value is -3.60. The molecule has 5 rings (SSSR count). The number of fused-ring (bicyclic) bond motifs is 1. The van der Waals surface area contributed by atoms with Gasteiger partial charge in [0.1, 0.15) is 11.6 Å². The number of para-hydroxylation sites is 3. The maximum Gasteiger partial charge on any atom is 0.223 e. The average molecular weight is 440 g/mol. The number of amides is 1. The Balaban J connectivity index is 1.34. The maximum absolute atomic E-state index is 13.0. The molecule has 1 saturated heterocycles. The summed E-state index contributed by atoms with van der Waals surface area (Å²) in [5, 5.41) is 0. The standard InChI is InChI=1S/C28H29N3O2/c1-21(22-11-4-2-5-12-22)31-20-23(19-27(31)32)28-29-25-15-8-9-16-26(25)30(28)17-10-18-33-24-13-6-3-7-14-24/h2-9,11-16,21,23H,10,17-20H2,1H3. The van der Waals surface area contributed by atoms with E-state index < -0.39 is 0 Å². The highest BCUT2D eigenvalue weighted by molar-refractivity contribution is 5.81. The fourth-order valence-electron chi connectivity index (χ4n) is 4.76. The van der Waals surface area contributed by atoms with Gasteiger partial charge in [-0.25, -0.2) is 4.98 Å². The number of hydrogen-bond acceptors (Lipinski definition) is 3. The predicted octanol–water partition coefficient (Wildman–Crippen LogP) is 5.58. The quantitative estimate of drug-likeness (QED) is 0.337. The molecule has 0 saturated carbocycles. The molecule has 0 spiro atoms. The van der Waals surface area contributed by atoms with Gasteiger partial charge in [0, 0.05) is 25.4 Å². The first-order chi connectivity index (χ1) is 16.2. The summed E-state index contributed by atoms with van der Waals surface area (Å²) in [5.41, 5.74) is 3.27. The van der Waals surface area contributed by atoms with Gasteiger partial charge in [0.2, 0.25) is 5.91 Å². The number of rotatable bonds is 8. The Morgan fingerprint density at radius 2 is 1.67 bits per heavy atom. The molecule has 1 aromatic heterocycles. The van der Waals surface area contributed by atoms with Crippen molar-refractivity contribution in [3.8, 4) is 5.75 Å². The van der Waals surface area contributed by atoms with Gasteiger partial charge < -0.3 is 14.2 Å². The summed E-state index contributed by atoms with van der Waals surface area (Å²) in [6, 6.07) is 28.4. The van der Waals surface area contributed by atoms with Crippen molar-refractivity contribution in [2.75, 3.05) is 13.2 Å². The molecule has 2 unspecified atom stereocenters. The highest BCUT2D eigenvalue weighted by Gasteiger charge is 2.36. The molecule has 1 fully saturated rings. The number of likely N-dealkylation sites (tertiary alicyclic amines) is 1. The van der Waals surface area contributed by atoms with Gasteiger partial charge in [0.25, 0.3) is 0 Å². The van der Waals surface area contributed by atoms with Gasteiger partial charge in [-0.05, 0) is 43.2 Å². The van der Waals surface area contributed by atoms with Gasteiger partial charge in [0.15, 0.2) is 0 Å². The Labute approximate surface area is 194 Å². The third-order valence-corrected chi connectivity index (χ3v) is 6.50. The van der Waals surface area contributed by atoms with Crippen molar-refractivity contribution in [1.29, 1.82) is 0 Å². The summed E-state index contributed by atoms with van der Waals surface area (Å²) < 4.78 is 8.19. The fraction of sp³-hybridized carbons (Fsp3) is 0.286. The first kappa shape index (κ1) is 21.3. The van der Waals surface area contributed by atoms with Crippen LogP contribution in [0.2, 0.25) is 0 Å². The second-order valence-electron chi connectivity index (χ2n) is 8.66. The molecule has 0 radical (unpaired) electrons. The maximum atomic E-state index is 13.0. The van der Waals surface area contributed by atoms with Crippen molar-refractivity contribution in [2.24, 2.45) is 0 Å². The fourth-order valence-corrected chi connectivity index (χ4v) is 4.76. The minimum absolute atomic E-state index is 0.0563. The number of ether oxygens (including phenoxy) is 1. The molecule has 1 aliphatic heterocycles. The first-order valence-corrected chi connectivity index (χ1v) is 11.7. The molecule has 2 heterocycles. The van der Waals surface area contributed by atoms with Crippen molar-refractivity contribution in [3.63, 3.8) is 0 Å². The minimum Gasteiger partial charge on any atom is -0.494 e. The van der Waals surface area contributed by atoms with E-state index in [1.54, 1.807) is 0 Å². The Morgan fingerprint density at radius 1 is 0.970 bits per heavy atom. The van der Waals surface area contributed by atoms with Gasteiger partial charge >= 0.3 is 0 Å². The molecule has 5 nitrogen and oxygen atoms in total. The number of aryl methyl sites for hydroxylation is 1. The van der Waals surface area contributed by atoms with Crippen LogP contribution >= 0.6 is 0 Å². The van der Waals surface area contributed by atoms with E-state index in [9.17, 15) is 4.79 Å². The zero-order chi connectivity index (χ0) is 22.6. The molecule has 168 valence electrons. The normalized spacial score (nSPS) is 16.9. The van der Waals surface area contributed by atoms with Crippen LogP contribution in [0.1, 0.15) is 43.1 Å². The van der Waals surface area contributed by atoms with Gasteiger partial charge in [-0.3, -0.25) is 4.79 Å². The smallest absolute Gasteiger partial charge is 0.223 e. The number of imidazole rings is 1. The van der Waals surface area contributed by atoms with Gasteiger partial charge in [-0.15, -0.1) is 0 Å². The van der Waals surface area contributed by atoms with Gasteiger partial charge in [0.05, 0.1) is 23.7 Å².